The van der Waals surface area contributed by atoms with Gasteiger partial charge in [0.2, 0.25) is 5.91 Å². The third-order valence-corrected chi connectivity index (χ3v) is 6.91. The molecule has 1 atom stereocenters. The summed E-state index contributed by atoms with van der Waals surface area (Å²) in [6.45, 7) is 9.48. The summed E-state index contributed by atoms with van der Waals surface area (Å²) in [5.41, 5.74) is 4.32. The normalized spacial score (nSPS) is 17.3. The van der Waals surface area contributed by atoms with Crippen molar-refractivity contribution in [2.75, 3.05) is 13.1 Å². The van der Waals surface area contributed by atoms with Crippen LogP contribution in [0.25, 0.3) is 0 Å². The number of fused-ring (bicyclic) bond motifs is 1. The van der Waals surface area contributed by atoms with Gasteiger partial charge in [0.15, 0.2) is 5.17 Å². The molecule has 0 fully saturated rings. The van der Waals surface area contributed by atoms with Crippen LogP contribution in [0.2, 0.25) is 0 Å². The molecule has 178 valence electrons. The molecule has 7 nitrogen and oxygen atoms in total. The number of thioether (sulfide) groups is 1. The molecule has 0 bridgehead atoms. The number of furan rings is 1. The van der Waals surface area contributed by atoms with Gasteiger partial charge >= 0.3 is 0 Å². The fourth-order valence-corrected chi connectivity index (χ4v) is 5.27. The molecule has 1 aromatic carbocycles. The van der Waals surface area contributed by atoms with Crippen LogP contribution >= 0.6 is 11.8 Å². The molecule has 3 heterocycles. The van der Waals surface area contributed by atoms with Gasteiger partial charge in [-0.15, -0.1) is 0 Å². The highest BCUT2D eigenvalue weighted by Gasteiger charge is 2.41. The van der Waals surface area contributed by atoms with Gasteiger partial charge < -0.3 is 19.5 Å². The summed E-state index contributed by atoms with van der Waals surface area (Å²) in [5, 5.41) is 5.66. The van der Waals surface area contributed by atoms with Crippen LogP contribution in [0.5, 0.6) is 0 Å². The van der Waals surface area contributed by atoms with Crippen LogP contribution in [0, 0.1) is 6.92 Å². The van der Waals surface area contributed by atoms with Gasteiger partial charge in [0.25, 0.3) is 5.91 Å². The zero-order chi connectivity index (χ0) is 24.2. The maximum atomic E-state index is 13.6. The van der Waals surface area contributed by atoms with Crippen molar-refractivity contribution in [2.45, 2.75) is 46.7 Å². The van der Waals surface area contributed by atoms with Crippen molar-refractivity contribution in [3.8, 4) is 0 Å². The second-order valence-electron chi connectivity index (χ2n) is 8.32. The van der Waals surface area contributed by atoms with E-state index in [2.05, 4.69) is 16.3 Å². The molecule has 0 radical (unpaired) electrons. The summed E-state index contributed by atoms with van der Waals surface area (Å²) >= 11 is 1.49. The van der Waals surface area contributed by atoms with Gasteiger partial charge in [0.05, 0.1) is 36.5 Å². The topological polar surface area (TPSA) is 78.1 Å². The molecule has 0 saturated carbocycles. The number of likely N-dealkylation sites (N-methyl/N-ethyl adjacent to an activating group) is 1. The lowest BCUT2D eigenvalue weighted by Crippen LogP contribution is -2.42. The van der Waals surface area contributed by atoms with E-state index in [-0.39, 0.29) is 24.3 Å². The highest BCUT2D eigenvalue weighted by molar-refractivity contribution is 8.16. The zero-order valence-electron chi connectivity index (χ0n) is 20.0. The number of amides is 2. The van der Waals surface area contributed by atoms with E-state index in [0.29, 0.717) is 31.0 Å². The number of carbonyl (C=O) groups is 2. The van der Waals surface area contributed by atoms with E-state index in [1.165, 1.54) is 11.8 Å². The second-order valence-corrected chi connectivity index (χ2v) is 9.15. The van der Waals surface area contributed by atoms with Crippen LogP contribution in [0.15, 0.2) is 74.4 Å². The average molecular weight is 479 g/mol. The van der Waals surface area contributed by atoms with Crippen molar-refractivity contribution in [3.05, 3.63) is 81.9 Å². The molecule has 8 heteroatoms. The summed E-state index contributed by atoms with van der Waals surface area (Å²) in [7, 11) is 0. The van der Waals surface area contributed by atoms with Crippen LogP contribution in [-0.4, -0.2) is 39.9 Å². The van der Waals surface area contributed by atoms with Crippen LogP contribution < -0.4 is 5.32 Å². The number of carbonyl (C=O) groups excluding carboxylic acids is 2. The Morgan fingerprint density at radius 2 is 1.97 bits per heavy atom. The number of hydrogen-bond donors (Lipinski definition) is 1. The Kier molecular flexibility index (Phi) is 7.26. The Hall–Kier alpha value is -3.26. The fraction of sp³-hybridized carbons (Fsp3) is 0.346. The second kappa shape index (κ2) is 10.3. The van der Waals surface area contributed by atoms with Crippen LogP contribution in [-0.2, 0) is 16.1 Å². The van der Waals surface area contributed by atoms with Crippen LogP contribution in [0.3, 0.4) is 0 Å². The molecule has 0 spiro atoms. The Morgan fingerprint density at radius 1 is 1.18 bits per heavy atom. The van der Waals surface area contributed by atoms with Crippen molar-refractivity contribution < 1.29 is 14.0 Å². The Morgan fingerprint density at radius 3 is 2.65 bits per heavy atom. The SMILES string of the molecule is CCN(CC)C(=O)C1=C(C)N=C2SC=C(CC(=O)NCc3ccco3)N2C1c1cccc(C)c1. The molecule has 2 aliphatic heterocycles. The number of aliphatic imine (C=N–C) groups is 1. The highest BCUT2D eigenvalue weighted by atomic mass is 32.2. The first-order valence-corrected chi connectivity index (χ1v) is 12.4. The van der Waals surface area contributed by atoms with Gasteiger partial charge in [-0.3, -0.25) is 9.59 Å². The van der Waals surface area contributed by atoms with E-state index in [0.717, 1.165) is 27.7 Å². The molecule has 0 saturated heterocycles. The number of hydrogen-bond acceptors (Lipinski definition) is 6. The van der Waals surface area contributed by atoms with E-state index in [1.54, 1.807) is 12.3 Å². The van der Waals surface area contributed by atoms with Crippen LogP contribution in [0.4, 0.5) is 0 Å². The zero-order valence-corrected chi connectivity index (χ0v) is 20.8. The predicted molar refractivity (Wildman–Crippen MR) is 135 cm³/mol. The third kappa shape index (κ3) is 4.82. The summed E-state index contributed by atoms with van der Waals surface area (Å²) in [5.74, 6) is 0.567. The summed E-state index contributed by atoms with van der Waals surface area (Å²) in [6.07, 6.45) is 1.77. The van der Waals surface area contributed by atoms with Gasteiger partial charge in [-0.25, -0.2) is 4.99 Å². The molecular formula is C26H30N4O3S. The Bertz CT molecular complexity index is 1160. The number of amidine groups is 1. The lowest BCUT2D eigenvalue weighted by atomic mass is 9.92. The molecule has 1 aromatic heterocycles. The molecule has 2 aromatic rings. The highest BCUT2D eigenvalue weighted by Crippen LogP contribution is 2.45. The molecule has 2 aliphatic rings. The van der Waals surface area contributed by atoms with Crippen molar-refractivity contribution in [1.82, 2.24) is 15.1 Å². The maximum Gasteiger partial charge on any atom is 0.254 e. The average Bonchev–Trinajstić information content (AvgIpc) is 3.47. The van der Waals surface area contributed by atoms with E-state index in [1.807, 2.05) is 62.3 Å². The maximum absolute atomic E-state index is 13.6. The predicted octanol–water partition coefficient (Wildman–Crippen LogP) is 4.74. The molecule has 2 amide bonds. The van der Waals surface area contributed by atoms with Gasteiger partial charge in [-0.1, -0.05) is 41.6 Å². The fourth-order valence-electron chi connectivity index (χ4n) is 4.31. The first kappa shape index (κ1) is 23.9. The quantitative estimate of drug-likeness (QED) is 0.593. The molecule has 1 unspecified atom stereocenters. The van der Waals surface area contributed by atoms with Gasteiger partial charge in [-0.05, 0) is 50.8 Å². The first-order valence-electron chi connectivity index (χ1n) is 11.5. The first-order chi connectivity index (χ1) is 16.4. The minimum absolute atomic E-state index is 0.0182. The van der Waals surface area contributed by atoms with E-state index in [9.17, 15) is 9.59 Å². The molecule has 1 N–H and O–H groups in total. The van der Waals surface area contributed by atoms with E-state index >= 15 is 0 Å². The minimum atomic E-state index is -0.348. The molecule has 34 heavy (non-hydrogen) atoms. The van der Waals surface area contributed by atoms with Gasteiger partial charge in [0.1, 0.15) is 5.76 Å². The van der Waals surface area contributed by atoms with Crippen molar-refractivity contribution in [1.29, 1.82) is 0 Å². The Balaban J connectivity index is 1.66. The standard InChI is InChI=1S/C26H30N4O3S/c1-5-29(6-2)25(32)23-18(4)28-26-30(24(23)19-10-7-9-17(3)13-19)20(16-34-26)14-22(31)27-15-21-11-8-12-33-21/h7-13,16,24H,5-6,14-15H2,1-4H3,(H,27,31). The number of aryl methyl sites for hydroxylation is 1. The Labute approximate surface area is 204 Å². The lowest BCUT2D eigenvalue weighted by molar-refractivity contribution is -0.127. The summed E-state index contributed by atoms with van der Waals surface area (Å²) in [4.78, 5) is 35.1. The molecule has 0 aliphatic carbocycles. The number of nitrogens with zero attached hydrogens (tertiary/aromatic N) is 3. The lowest BCUT2D eigenvalue weighted by Gasteiger charge is -2.38. The minimum Gasteiger partial charge on any atom is -0.467 e. The van der Waals surface area contributed by atoms with Crippen molar-refractivity contribution in [2.24, 2.45) is 4.99 Å². The molecule has 4 rings (SSSR count). The smallest absolute Gasteiger partial charge is 0.254 e. The third-order valence-electron chi connectivity index (χ3n) is 6.02. The van der Waals surface area contributed by atoms with Crippen LogP contribution in [0.1, 0.15) is 50.1 Å². The largest absolute Gasteiger partial charge is 0.467 e. The van der Waals surface area contributed by atoms with E-state index < -0.39 is 0 Å². The summed E-state index contributed by atoms with van der Waals surface area (Å²) in [6, 6.07) is 11.5. The van der Waals surface area contributed by atoms with Gasteiger partial charge in [0, 0.05) is 18.8 Å². The van der Waals surface area contributed by atoms with Crippen molar-refractivity contribution in [3.63, 3.8) is 0 Å². The summed E-state index contributed by atoms with van der Waals surface area (Å²) < 4.78 is 5.31. The van der Waals surface area contributed by atoms with E-state index in [4.69, 9.17) is 9.41 Å². The monoisotopic (exact) mass is 478 g/mol. The number of benzene rings is 1. The number of allylic oxidation sites excluding steroid dienone is 1. The number of rotatable bonds is 8. The van der Waals surface area contributed by atoms with Crippen molar-refractivity contribution >= 4 is 28.7 Å². The molecular weight excluding hydrogens is 448 g/mol. The number of nitrogens with one attached hydrogen (secondary N) is 1. The van der Waals surface area contributed by atoms with Gasteiger partial charge in [-0.2, -0.15) is 0 Å².